The van der Waals surface area contributed by atoms with Crippen molar-refractivity contribution in [1.29, 1.82) is 0 Å². The van der Waals surface area contributed by atoms with Gasteiger partial charge >= 0.3 is 5.97 Å². The zero-order chi connectivity index (χ0) is 20.4. The molecule has 1 N–H and O–H groups in total. The average molecular weight is 399 g/mol. The second-order valence-corrected chi connectivity index (χ2v) is 7.04. The minimum atomic E-state index is -0.973. The van der Waals surface area contributed by atoms with E-state index in [-0.39, 0.29) is 25.1 Å². The van der Waals surface area contributed by atoms with Gasteiger partial charge in [0.15, 0.2) is 0 Å². The van der Waals surface area contributed by atoms with Crippen LogP contribution in [0.2, 0.25) is 0 Å². The molecule has 0 spiro atoms. The first kappa shape index (κ1) is 19.0. The molecule has 150 valence electrons. The second kappa shape index (κ2) is 7.57. The summed E-state index contributed by atoms with van der Waals surface area (Å²) in [7, 11) is 1.32. The third kappa shape index (κ3) is 3.67. The number of esters is 1. The number of nitrogens with one attached hydrogen (secondary N) is 1. The Hall–Kier alpha value is -3.36. The van der Waals surface area contributed by atoms with Crippen LogP contribution >= 0.6 is 0 Å². The highest BCUT2D eigenvalue weighted by molar-refractivity contribution is 5.89. The fraction of sp³-hybridized carbons (Fsp3) is 0.300. The highest BCUT2D eigenvalue weighted by Crippen LogP contribution is 2.45. The van der Waals surface area contributed by atoms with Gasteiger partial charge in [0.05, 0.1) is 36.4 Å². The van der Waals surface area contributed by atoms with Crippen LogP contribution in [0.5, 0.6) is 0 Å². The van der Waals surface area contributed by atoms with E-state index >= 15 is 0 Å². The van der Waals surface area contributed by atoms with Crippen molar-refractivity contribution in [3.8, 4) is 5.69 Å². The quantitative estimate of drug-likeness (QED) is 0.642. The molecular weight excluding hydrogens is 380 g/mol. The predicted molar refractivity (Wildman–Crippen MR) is 101 cm³/mol. The van der Waals surface area contributed by atoms with Crippen molar-refractivity contribution in [3.63, 3.8) is 0 Å². The van der Waals surface area contributed by atoms with Gasteiger partial charge in [-0.3, -0.25) is 4.98 Å². The Morgan fingerprint density at radius 1 is 1.31 bits per heavy atom. The Morgan fingerprint density at radius 2 is 2.07 bits per heavy atom. The topological polar surface area (TPSA) is 81.9 Å². The van der Waals surface area contributed by atoms with Gasteiger partial charge in [0, 0.05) is 30.6 Å². The zero-order valence-corrected chi connectivity index (χ0v) is 15.7. The van der Waals surface area contributed by atoms with Crippen molar-refractivity contribution < 1.29 is 18.3 Å². The first-order valence-electron chi connectivity index (χ1n) is 9.08. The number of ether oxygens (including phenoxy) is 1. The van der Waals surface area contributed by atoms with E-state index in [0.717, 1.165) is 0 Å². The molecule has 1 fully saturated rings. The molecule has 0 amide bonds. The van der Waals surface area contributed by atoms with Crippen LogP contribution in [-0.4, -0.2) is 45.3 Å². The molecule has 3 aromatic rings. The fourth-order valence-electron chi connectivity index (χ4n) is 3.58. The van der Waals surface area contributed by atoms with Gasteiger partial charge in [-0.1, -0.05) is 0 Å². The van der Waals surface area contributed by atoms with Crippen LogP contribution in [0.3, 0.4) is 0 Å². The molecule has 1 saturated carbocycles. The second-order valence-electron chi connectivity index (χ2n) is 7.04. The molecule has 7 nitrogen and oxygen atoms in total. The number of hydrogen-bond donors (Lipinski definition) is 1. The van der Waals surface area contributed by atoms with Crippen LogP contribution in [-0.2, 0) is 10.2 Å². The number of alkyl halides is 1. The summed E-state index contributed by atoms with van der Waals surface area (Å²) >= 11 is 0. The van der Waals surface area contributed by atoms with Crippen molar-refractivity contribution in [2.45, 2.75) is 24.4 Å². The molecular formula is C20H19F2N5O2. The standard InChI is InChI=1S/C20H19F2N5O2/c1-29-18(28)13-4-6-27(11-13)15-9-24-19(25-10-15)26-12-20(7-14(21)8-20)17-16(22)3-2-5-23-17/h2-6,9-11,14H,7-8,12H2,1H3,(H,24,25,26). The minimum absolute atomic E-state index is 0.200. The minimum Gasteiger partial charge on any atom is -0.465 e. The number of pyridine rings is 1. The van der Waals surface area contributed by atoms with E-state index in [0.29, 0.717) is 17.2 Å². The van der Waals surface area contributed by atoms with Crippen LogP contribution in [0, 0.1) is 5.82 Å². The maximum Gasteiger partial charge on any atom is 0.339 e. The number of hydrogen-bond acceptors (Lipinski definition) is 6. The predicted octanol–water partition coefficient (Wildman–Crippen LogP) is 3.07. The van der Waals surface area contributed by atoms with Crippen LogP contribution in [0.1, 0.15) is 28.9 Å². The zero-order valence-electron chi connectivity index (χ0n) is 15.7. The van der Waals surface area contributed by atoms with Crippen LogP contribution in [0.4, 0.5) is 14.7 Å². The van der Waals surface area contributed by atoms with Gasteiger partial charge in [0.1, 0.15) is 12.0 Å². The van der Waals surface area contributed by atoms with Gasteiger partial charge in [0.2, 0.25) is 5.95 Å². The van der Waals surface area contributed by atoms with Gasteiger partial charge in [-0.05, 0) is 31.0 Å². The molecule has 0 saturated heterocycles. The largest absolute Gasteiger partial charge is 0.465 e. The first-order chi connectivity index (χ1) is 14.0. The third-order valence-corrected chi connectivity index (χ3v) is 5.12. The maximum absolute atomic E-state index is 14.2. The molecule has 29 heavy (non-hydrogen) atoms. The van der Waals surface area contributed by atoms with Crippen LogP contribution in [0.25, 0.3) is 5.69 Å². The van der Waals surface area contributed by atoms with Gasteiger partial charge in [-0.2, -0.15) is 0 Å². The number of rotatable bonds is 6. The van der Waals surface area contributed by atoms with E-state index in [1.807, 2.05) is 0 Å². The number of aromatic nitrogens is 4. The number of halogens is 2. The molecule has 0 aromatic carbocycles. The molecule has 0 bridgehead atoms. The summed E-state index contributed by atoms with van der Waals surface area (Å²) in [5, 5.41) is 3.07. The first-order valence-corrected chi connectivity index (χ1v) is 9.08. The van der Waals surface area contributed by atoms with E-state index in [4.69, 9.17) is 0 Å². The van der Waals surface area contributed by atoms with Gasteiger partial charge in [-0.15, -0.1) is 0 Å². The lowest BCUT2D eigenvalue weighted by atomic mass is 9.65. The van der Waals surface area contributed by atoms with E-state index in [9.17, 15) is 13.6 Å². The highest BCUT2D eigenvalue weighted by Gasteiger charge is 2.48. The van der Waals surface area contributed by atoms with Gasteiger partial charge in [-0.25, -0.2) is 23.5 Å². The van der Waals surface area contributed by atoms with E-state index in [1.165, 1.54) is 25.4 Å². The molecule has 4 rings (SSSR count). The molecule has 0 atom stereocenters. The summed E-state index contributed by atoms with van der Waals surface area (Å²) in [5.41, 5.74) is 0.618. The lowest BCUT2D eigenvalue weighted by Gasteiger charge is -2.43. The van der Waals surface area contributed by atoms with Crippen molar-refractivity contribution in [1.82, 2.24) is 19.5 Å². The third-order valence-electron chi connectivity index (χ3n) is 5.12. The maximum atomic E-state index is 14.2. The van der Waals surface area contributed by atoms with Crippen LogP contribution in [0.15, 0.2) is 49.2 Å². The lowest BCUT2D eigenvalue weighted by molar-refractivity contribution is 0.0601. The number of methoxy groups -OCH3 is 1. The molecule has 0 aliphatic heterocycles. The van der Waals surface area contributed by atoms with Gasteiger partial charge in [0.25, 0.3) is 0 Å². The Balaban J connectivity index is 1.47. The molecule has 9 heteroatoms. The summed E-state index contributed by atoms with van der Waals surface area (Å²) < 4.78 is 34.2. The Labute approximate surface area is 165 Å². The summed E-state index contributed by atoms with van der Waals surface area (Å²) in [6.45, 7) is 0.275. The summed E-state index contributed by atoms with van der Waals surface area (Å²) in [6.07, 6.45) is 7.43. The molecule has 3 aromatic heterocycles. The number of anilines is 1. The molecule has 1 aliphatic carbocycles. The summed E-state index contributed by atoms with van der Waals surface area (Å²) in [4.78, 5) is 24.2. The van der Waals surface area contributed by atoms with Crippen molar-refractivity contribution in [2.75, 3.05) is 19.0 Å². The van der Waals surface area contributed by atoms with Crippen LogP contribution < -0.4 is 5.32 Å². The molecule has 1 aliphatic rings. The van der Waals surface area contributed by atoms with Crippen molar-refractivity contribution in [2.24, 2.45) is 0 Å². The number of carbonyl (C=O) groups is 1. The van der Waals surface area contributed by atoms with Gasteiger partial charge < -0.3 is 14.6 Å². The van der Waals surface area contributed by atoms with Crippen molar-refractivity contribution >= 4 is 11.9 Å². The van der Waals surface area contributed by atoms with Crippen molar-refractivity contribution in [3.05, 3.63) is 66.3 Å². The lowest BCUT2D eigenvalue weighted by Crippen LogP contribution is -2.49. The normalized spacial score (nSPS) is 20.7. The Morgan fingerprint density at radius 3 is 2.72 bits per heavy atom. The Kier molecular flexibility index (Phi) is 4.96. The average Bonchev–Trinajstić information content (AvgIpc) is 3.21. The summed E-state index contributed by atoms with van der Waals surface area (Å²) in [6, 6.07) is 4.48. The SMILES string of the molecule is COC(=O)c1ccn(-c2cnc(NCC3(c4ncccc4F)CC(F)C3)nc2)c1. The summed E-state index contributed by atoms with van der Waals surface area (Å²) in [5.74, 6) is -0.528. The number of carbonyl (C=O) groups excluding carboxylic acids is 1. The highest BCUT2D eigenvalue weighted by atomic mass is 19.1. The Bertz CT molecular complexity index is 1020. The van der Waals surface area contributed by atoms with E-state index < -0.39 is 23.4 Å². The fourth-order valence-corrected chi connectivity index (χ4v) is 3.58. The molecule has 3 heterocycles. The molecule has 0 unspecified atom stereocenters. The number of nitrogens with zero attached hydrogens (tertiary/aromatic N) is 4. The van der Waals surface area contributed by atoms with E-state index in [2.05, 4.69) is 25.0 Å². The smallest absolute Gasteiger partial charge is 0.339 e. The monoisotopic (exact) mass is 399 g/mol. The van der Waals surface area contributed by atoms with E-state index in [1.54, 1.807) is 35.4 Å². The molecule has 0 radical (unpaired) electrons.